The van der Waals surface area contributed by atoms with E-state index in [0.29, 0.717) is 18.8 Å². The number of amides is 1. The van der Waals surface area contributed by atoms with Gasteiger partial charge in [-0.25, -0.2) is 4.98 Å². The number of thiophene rings is 1. The van der Waals surface area contributed by atoms with Gasteiger partial charge in [0.2, 0.25) is 0 Å². The molecule has 114 valence electrons. The minimum Gasteiger partial charge on any atom is -0.454 e. The first-order valence-corrected chi connectivity index (χ1v) is 7.84. The topological polar surface area (TPSA) is 51.3 Å². The molecule has 0 saturated heterocycles. The summed E-state index contributed by atoms with van der Waals surface area (Å²) in [7, 11) is 1.79. The number of hydrogen-bond donors (Lipinski definition) is 0. The van der Waals surface area contributed by atoms with Crippen LogP contribution in [0.3, 0.4) is 0 Å². The maximum atomic E-state index is 12.4. The summed E-state index contributed by atoms with van der Waals surface area (Å²) in [6, 6.07) is 5.62. The van der Waals surface area contributed by atoms with Gasteiger partial charge in [0.15, 0.2) is 5.76 Å². The second-order valence-corrected chi connectivity index (χ2v) is 6.19. The van der Waals surface area contributed by atoms with E-state index in [0.717, 1.165) is 5.76 Å². The van der Waals surface area contributed by atoms with Crippen molar-refractivity contribution < 1.29 is 9.21 Å². The molecular weight excluding hydrogens is 298 g/mol. The molecule has 22 heavy (non-hydrogen) atoms. The number of rotatable bonds is 5. The molecule has 0 N–H and O–H groups in total. The second kappa shape index (κ2) is 6.19. The van der Waals surface area contributed by atoms with Crippen LogP contribution in [0.1, 0.15) is 26.8 Å². The molecule has 5 nitrogen and oxygen atoms in total. The van der Waals surface area contributed by atoms with E-state index in [1.165, 1.54) is 10.4 Å². The molecule has 0 unspecified atom stereocenters. The van der Waals surface area contributed by atoms with Crippen molar-refractivity contribution in [1.82, 2.24) is 14.5 Å². The molecule has 0 aliphatic rings. The molecule has 0 fully saturated rings. The molecule has 1 amide bonds. The summed E-state index contributed by atoms with van der Waals surface area (Å²) in [5.41, 5.74) is 1.21. The fraction of sp³-hybridized carbons (Fsp3) is 0.250. The highest BCUT2D eigenvalue weighted by Crippen LogP contribution is 2.19. The van der Waals surface area contributed by atoms with Crippen molar-refractivity contribution in [2.75, 3.05) is 7.05 Å². The maximum absolute atomic E-state index is 12.4. The van der Waals surface area contributed by atoms with Gasteiger partial charge in [-0.3, -0.25) is 4.79 Å². The molecule has 0 spiro atoms. The van der Waals surface area contributed by atoms with Crippen LogP contribution in [0.4, 0.5) is 0 Å². The molecule has 3 aromatic heterocycles. The molecule has 0 atom stereocenters. The number of aromatic nitrogens is 2. The summed E-state index contributed by atoms with van der Waals surface area (Å²) in [6.45, 7) is 3.22. The Kier molecular flexibility index (Phi) is 4.11. The number of carbonyl (C=O) groups is 1. The van der Waals surface area contributed by atoms with E-state index in [-0.39, 0.29) is 5.91 Å². The quantitative estimate of drug-likeness (QED) is 0.726. The summed E-state index contributed by atoms with van der Waals surface area (Å²) in [4.78, 5) is 19.3. The standard InChI is InChI=1S/C16H17N3O2S/c1-12-5-8-22-15(12)10-18(2)16(20)14-4-3-13(21-14)9-19-7-6-17-11-19/h3-8,11H,9-10H2,1-2H3. The Bertz CT molecular complexity index is 758. The van der Waals surface area contributed by atoms with Crippen LogP contribution in [0.15, 0.2) is 46.7 Å². The van der Waals surface area contributed by atoms with Crippen molar-refractivity contribution in [3.63, 3.8) is 0 Å². The Morgan fingerprint density at radius 1 is 1.41 bits per heavy atom. The van der Waals surface area contributed by atoms with Crippen LogP contribution in [-0.4, -0.2) is 27.4 Å². The van der Waals surface area contributed by atoms with E-state index in [1.807, 2.05) is 22.2 Å². The predicted octanol–water partition coefficient (Wildman–Crippen LogP) is 3.17. The van der Waals surface area contributed by atoms with Gasteiger partial charge in [0, 0.05) is 24.3 Å². The van der Waals surface area contributed by atoms with Gasteiger partial charge < -0.3 is 13.9 Å². The second-order valence-electron chi connectivity index (χ2n) is 5.19. The maximum Gasteiger partial charge on any atom is 0.289 e. The highest BCUT2D eigenvalue weighted by Gasteiger charge is 2.17. The Labute approximate surface area is 132 Å². The Morgan fingerprint density at radius 3 is 2.95 bits per heavy atom. The van der Waals surface area contributed by atoms with Gasteiger partial charge in [-0.15, -0.1) is 11.3 Å². The zero-order valence-corrected chi connectivity index (χ0v) is 13.3. The van der Waals surface area contributed by atoms with Crippen molar-refractivity contribution in [2.45, 2.75) is 20.0 Å². The molecule has 0 aliphatic carbocycles. The molecular formula is C16H17N3O2S. The third kappa shape index (κ3) is 3.12. The van der Waals surface area contributed by atoms with Gasteiger partial charge in [0.1, 0.15) is 5.76 Å². The molecule has 0 bridgehead atoms. The smallest absolute Gasteiger partial charge is 0.289 e. The number of furan rings is 1. The van der Waals surface area contributed by atoms with E-state index >= 15 is 0 Å². The Morgan fingerprint density at radius 2 is 2.27 bits per heavy atom. The van der Waals surface area contributed by atoms with Crippen molar-refractivity contribution in [3.8, 4) is 0 Å². The molecule has 3 aromatic rings. The van der Waals surface area contributed by atoms with Crippen LogP contribution >= 0.6 is 11.3 Å². The van der Waals surface area contributed by atoms with Crippen molar-refractivity contribution in [3.05, 3.63) is 64.3 Å². The van der Waals surface area contributed by atoms with Crippen LogP contribution in [0.2, 0.25) is 0 Å². The number of nitrogens with zero attached hydrogens (tertiary/aromatic N) is 3. The van der Waals surface area contributed by atoms with Gasteiger partial charge in [0.05, 0.1) is 19.4 Å². The molecule has 0 aliphatic heterocycles. The normalized spacial score (nSPS) is 10.8. The summed E-state index contributed by atoms with van der Waals surface area (Å²) < 4.78 is 7.55. The van der Waals surface area contributed by atoms with Crippen molar-refractivity contribution >= 4 is 17.2 Å². The lowest BCUT2D eigenvalue weighted by Gasteiger charge is -2.15. The van der Waals surface area contributed by atoms with Gasteiger partial charge in [-0.05, 0) is 36.1 Å². The summed E-state index contributed by atoms with van der Waals surface area (Å²) in [5, 5.41) is 2.04. The molecule has 0 radical (unpaired) electrons. The molecule has 3 rings (SSSR count). The fourth-order valence-electron chi connectivity index (χ4n) is 2.18. The third-order valence-electron chi connectivity index (χ3n) is 3.47. The third-order valence-corrected chi connectivity index (χ3v) is 4.47. The van der Waals surface area contributed by atoms with E-state index in [4.69, 9.17) is 4.42 Å². The van der Waals surface area contributed by atoms with Crippen LogP contribution in [-0.2, 0) is 13.1 Å². The lowest BCUT2D eigenvalue weighted by atomic mass is 10.3. The van der Waals surface area contributed by atoms with Crippen LogP contribution in [0.5, 0.6) is 0 Å². The molecule has 0 saturated carbocycles. The largest absolute Gasteiger partial charge is 0.454 e. The number of carbonyl (C=O) groups excluding carboxylic acids is 1. The van der Waals surface area contributed by atoms with Gasteiger partial charge in [0.25, 0.3) is 5.91 Å². The minimum absolute atomic E-state index is 0.107. The average molecular weight is 315 g/mol. The predicted molar refractivity (Wildman–Crippen MR) is 84.9 cm³/mol. The summed E-state index contributed by atoms with van der Waals surface area (Å²) in [5.74, 6) is 0.999. The molecule has 0 aromatic carbocycles. The van der Waals surface area contributed by atoms with Gasteiger partial charge in [-0.1, -0.05) is 0 Å². The fourth-order valence-corrected chi connectivity index (χ4v) is 3.14. The highest BCUT2D eigenvalue weighted by atomic mass is 32.1. The minimum atomic E-state index is -0.107. The SMILES string of the molecule is Cc1ccsc1CN(C)C(=O)c1ccc(Cn2ccnc2)o1. The first-order valence-electron chi connectivity index (χ1n) is 6.96. The lowest BCUT2D eigenvalue weighted by Crippen LogP contribution is -2.25. The van der Waals surface area contributed by atoms with Crippen molar-refractivity contribution in [2.24, 2.45) is 0 Å². The zero-order valence-electron chi connectivity index (χ0n) is 12.5. The first-order chi connectivity index (χ1) is 10.6. The monoisotopic (exact) mass is 315 g/mol. The Balaban J connectivity index is 1.67. The molecule has 3 heterocycles. The van der Waals surface area contributed by atoms with Crippen molar-refractivity contribution in [1.29, 1.82) is 0 Å². The van der Waals surface area contributed by atoms with Crippen LogP contribution in [0.25, 0.3) is 0 Å². The number of imidazole rings is 1. The Hall–Kier alpha value is -2.34. The molecule has 6 heteroatoms. The lowest BCUT2D eigenvalue weighted by molar-refractivity contribution is 0.0752. The van der Waals surface area contributed by atoms with E-state index in [9.17, 15) is 4.79 Å². The van der Waals surface area contributed by atoms with Gasteiger partial charge in [-0.2, -0.15) is 0 Å². The van der Waals surface area contributed by atoms with Gasteiger partial charge >= 0.3 is 0 Å². The summed E-state index contributed by atoms with van der Waals surface area (Å²) >= 11 is 1.66. The number of aryl methyl sites for hydroxylation is 1. The number of hydrogen-bond acceptors (Lipinski definition) is 4. The van der Waals surface area contributed by atoms with E-state index in [1.54, 1.807) is 41.9 Å². The average Bonchev–Trinajstić information content (AvgIpc) is 3.23. The van der Waals surface area contributed by atoms with E-state index in [2.05, 4.69) is 18.0 Å². The summed E-state index contributed by atoms with van der Waals surface area (Å²) in [6.07, 6.45) is 5.29. The van der Waals surface area contributed by atoms with Crippen LogP contribution in [0, 0.1) is 6.92 Å². The highest BCUT2D eigenvalue weighted by molar-refractivity contribution is 7.10. The zero-order chi connectivity index (χ0) is 15.5. The van der Waals surface area contributed by atoms with Crippen LogP contribution < -0.4 is 0 Å². The van der Waals surface area contributed by atoms with E-state index < -0.39 is 0 Å². The first kappa shape index (κ1) is 14.6.